The van der Waals surface area contributed by atoms with Crippen LogP contribution in [0.25, 0.3) is 0 Å². The molecular weight excluding hydrogens is 414 g/mol. The predicted molar refractivity (Wildman–Crippen MR) is 127 cm³/mol. The number of ether oxygens (including phenoxy) is 1. The summed E-state index contributed by atoms with van der Waals surface area (Å²) in [6, 6.07) is 28.1. The molecule has 2 heterocycles. The van der Waals surface area contributed by atoms with Crippen molar-refractivity contribution >= 4 is 17.8 Å². The Morgan fingerprint density at radius 3 is 2.33 bits per heavy atom. The van der Waals surface area contributed by atoms with E-state index in [9.17, 15) is 4.79 Å². The van der Waals surface area contributed by atoms with Gasteiger partial charge >= 0.3 is 0 Å². The minimum Gasteiger partial charge on any atom is -0.497 e. The van der Waals surface area contributed by atoms with E-state index < -0.39 is 0 Å². The first-order chi connectivity index (χ1) is 16.2. The van der Waals surface area contributed by atoms with Gasteiger partial charge in [0.25, 0.3) is 5.95 Å². The van der Waals surface area contributed by atoms with Gasteiger partial charge in [0.05, 0.1) is 25.6 Å². The van der Waals surface area contributed by atoms with Gasteiger partial charge in [-0.3, -0.25) is 10.1 Å². The third-order valence-corrected chi connectivity index (χ3v) is 5.85. The number of amides is 1. The summed E-state index contributed by atoms with van der Waals surface area (Å²) in [4.78, 5) is 17.2. The molecular formula is C26H25N5O2. The van der Waals surface area contributed by atoms with Crippen molar-refractivity contribution in [1.82, 2.24) is 14.8 Å². The number of benzene rings is 3. The van der Waals surface area contributed by atoms with Crippen LogP contribution in [0.2, 0.25) is 0 Å². The van der Waals surface area contributed by atoms with Crippen molar-refractivity contribution in [2.75, 3.05) is 17.7 Å². The Bertz CT molecular complexity index is 1220. The van der Waals surface area contributed by atoms with E-state index in [0.29, 0.717) is 11.9 Å². The monoisotopic (exact) mass is 439 g/mol. The molecule has 3 aromatic carbocycles. The molecule has 2 unspecified atom stereocenters. The van der Waals surface area contributed by atoms with Gasteiger partial charge in [0, 0.05) is 0 Å². The highest BCUT2D eigenvalue weighted by Gasteiger charge is 2.31. The lowest BCUT2D eigenvalue weighted by molar-refractivity contribution is -0.115. The molecule has 1 amide bonds. The van der Waals surface area contributed by atoms with Gasteiger partial charge in [0.2, 0.25) is 11.9 Å². The number of aromatic nitrogens is 3. The smallest absolute Gasteiger partial charge is 0.250 e. The number of rotatable bonds is 6. The zero-order valence-electron chi connectivity index (χ0n) is 18.3. The van der Waals surface area contributed by atoms with E-state index in [-0.39, 0.29) is 24.4 Å². The van der Waals surface area contributed by atoms with Crippen molar-refractivity contribution in [2.24, 2.45) is 0 Å². The van der Waals surface area contributed by atoms with E-state index in [1.807, 2.05) is 65.3 Å². The molecule has 2 N–H and O–H groups in total. The quantitative estimate of drug-likeness (QED) is 0.458. The second-order valence-electron chi connectivity index (χ2n) is 8.05. The first-order valence-corrected chi connectivity index (χ1v) is 11.0. The number of carbonyl (C=O) groups excluding carboxylic acids is 1. The maximum absolute atomic E-state index is 12.6. The molecule has 0 saturated carbocycles. The zero-order chi connectivity index (χ0) is 22.6. The lowest BCUT2D eigenvalue weighted by Crippen LogP contribution is -2.28. The molecule has 0 bridgehead atoms. The van der Waals surface area contributed by atoms with Crippen LogP contribution in [0.15, 0.2) is 84.9 Å². The highest BCUT2D eigenvalue weighted by Crippen LogP contribution is 2.38. The molecule has 33 heavy (non-hydrogen) atoms. The molecule has 166 valence electrons. The van der Waals surface area contributed by atoms with E-state index in [0.717, 1.165) is 23.3 Å². The van der Waals surface area contributed by atoms with Gasteiger partial charge in [-0.2, -0.15) is 4.98 Å². The van der Waals surface area contributed by atoms with Gasteiger partial charge in [-0.15, -0.1) is 5.10 Å². The Labute approximate surface area is 192 Å². The maximum Gasteiger partial charge on any atom is 0.250 e. The average molecular weight is 440 g/mol. The van der Waals surface area contributed by atoms with Crippen molar-refractivity contribution in [3.05, 3.63) is 102 Å². The van der Waals surface area contributed by atoms with Crippen molar-refractivity contribution in [3.8, 4) is 5.75 Å². The van der Waals surface area contributed by atoms with Crippen molar-refractivity contribution in [1.29, 1.82) is 0 Å². The average Bonchev–Trinajstić information content (AvgIpc) is 3.27. The third kappa shape index (κ3) is 4.57. The van der Waals surface area contributed by atoms with E-state index in [2.05, 4.69) is 45.0 Å². The topological polar surface area (TPSA) is 81.1 Å². The number of hydrogen-bond donors (Lipinski definition) is 2. The molecule has 7 nitrogen and oxygen atoms in total. The highest BCUT2D eigenvalue weighted by molar-refractivity contribution is 5.90. The molecule has 0 aliphatic carbocycles. The fourth-order valence-corrected chi connectivity index (χ4v) is 4.18. The summed E-state index contributed by atoms with van der Waals surface area (Å²) in [5.41, 5.74) is 3.24. The Hall–Kier alpha value is -4.13. The first-order valence-electron chi connectivity index (χ1n) is 11.0. The van der Waals surface area contributed by atoms with Gasteiger partial charge in [-0.1, -0.05) is 72.8 Å². The van der Waals surface area contributed by atoms with Crippen LogP contribution in [0.4, 0.5) is 11.9 Å². The van der Waals surface area contributed by atoms with Gasteiger partial charge in [0.1, 0.15) is 5.75 Å². The van der Waals surface area contributed by atoms with Crippen LogP contribution in [0.5, 0.6) is 5.75 Å². The molecule has 0 saturated heterocycles. The van der Waals surface area contributed by atoms with Crippen LogP contribution in [-0.4, -0.2) is 27.8 Å². The van der Waals surface area contributed by atoms with Crippen LogP contribution in [0.1, 0.15) is 35.2 Å². The predicted octanol–water partition coefficient (Wildman–Crippen LogP) is 4.61. The highest BCUT2D eigenvalue weighted by atomic mass is 16.5. The van der Waals surface area contributed by atoms with Gasteiger partial charge in [0.15, 0.2) is 0 Å². The number of nitrogens with zero attached hydrogens (tertiary/aromatic N) is 3. The summed E-state index contributed by atoms with van der Waals surface area (Å²) < 4.78 is 7.05. The van der Waals surface area contributed by atoms with E-state index in [4.69, 9.17) is 4.74 Å². The number of nitrogens with one attached hydrogen (secondary N) is 2. The standard InChI is InChI=1S/C26H25N5O2/c1-33-21-14-12-18(13-15-21)16-24(32)28-25-29-26-27-22(19-8-4-2-5-9-19)17-23(31(26)30-25)20-10-6-3-7-11-20/h2-15,22-23H,16-17H2,1H3,(H2,27,28,29,30,32). The molecule has 4 aromatic rings. The van der Waals surface area contributed by atoms with E-state index in [1.54, 1.807) is 7.11 Å². The SMILES string of the molecule is COc1ccc(CC(=O)Nc2nc3n(n2)C(c2ccccc2)CC(c2ccccc2)N3)cc1. The van der Waals surface area contributed by atoms with E-state index in [1.165, 1.54) is 5.56 Å². The molecule has 0 fully saturated rings. The maximum atomic E-state index is 12.6. The summed E-state index contributed by atoms with van der Waals surface area (Å²) in [7, 11) is 1.62. The van der Waals surface area contributed by atoms with Crippen molar-refractivity contribution in [2.45, 2.75) is 24.9 Å². The summed E-state index contributed by atoms with van der Waals surface area (Å²) in [5, 5.41) is 11.0. The second-order valence-corrected chi connectivity index (χ2v) is 8.05. The number of anilines is 2. The fraction of sp³-hybridized carbons (Fsp3) is 0.192. The largest absolute Gasteiger partial charge is 0.497 e. The minimum absolute atomic E-state index is 0.00685. The fourth-order valence-electron chi connectivity index (χ4n) is 4.18. The zero-order valence-corrected chi connectivity index (χ0v) is 18.3. The van der Waals surface area contributed by atoms with Crippen LogP contribution in [-0.2, 0) is 11.2 Å². The van der Waals surface area contributed by atoms with Crippen LogP contribution < -0.4 is 15.4 Å². The normalized spacial score (nSPS) is 17.0. The Morgan fingerprint density at radius 1 is 1.00 bits per heavy atom. The van der Waals surface area contributed by atoms with Crippen LogP contribution >= 0.6 is 0 Å². The summed E-state index contributed by atoms with van der Waals surface area (Å²) in [5.74, 6) is 1.53. The number of methoxy groups -OCH3 is 1. The van der Waals surface area contributed by atoms with Gasteiger partial charge < -0.3 is 10.1 Å². The minimum atomic E-state index is -0.168. The molecule has 2 atom stereocenters. The number of carbonyl (C=O) groups is 1. The van der Waals surface area contributed by atoms with Crippen molar-refractivity contribution in [3.63, 3.8) is 0 Å². The number of hydrogen-bond acceptors (Lipinski definition) is 5. The Balaban J connectivity index is 1.38. The van der Waals surface area contributed by atoms with Gasteiger partial charge in [-0.05, 0) is 35.2 Å². The van der Waals surface area contributed by atoms with Crippen LogP contribution in [0.3, 0.4) is 0 Å². The summed E-state index contributed by atoms with van der Waals surface area (Å²) >= 11 is 0. The number of fused-ring (bicyclic) bond motifs is 1. The lowest BCUT2D eigenvalue weighted by Gasteiger charge is -2.31. The molecule has 1 aliphatic rings. The first kappa shape index (κ1) is 20.8. The van der Waals surface area contributed by atoms with Gasteiger partial charge in [-0.25, -0.2) is 4.68 Å². The second kappa shape index (κ2) is 9.16. The van der Waals surface area contributed by atoms with Crippen LogP contribution in [0, 0.1) is 0 Å². The van der Waals surface area contributed by atoms with E-state index >= 15 is 0 Å². The lowest BCUT2D eigenvalue weighted by atomic mass is 9.93. The molecule has 7 heteroatoms. The summed E-state index contributed by atoms with van der Waals surface area (Å²) in [6.45, 7) is 0. The molecule has 0 spiro atoms. The Kier molecular flexibility index (Phi) is 5.76. The molecule has 5 rings (SSSR count). The van der Waals surface area contributed by atoms with Crippen molar-refractivity contribution < 1.29 is 9.53 Å². The molecule has 0 radical (unpaired) electrons. The summed E-state index contributed by atoms with van der Waals surface area (Å²) in [6.07, 6.45) is 1.06. The third-order valence-electron chi connectivity index (χ3n) is 5.85. The molecule has 1 aromatic heterocycles. The Morgan fingerprint density at radius 2 is 1.67 bits per heavy atom. The molecule has 1 aliphatic heterocycles.